The van der Waals surface area contributed by atoms with E-state index in [0.717, 1.165) is 98.0 Å². The maximum atomic E-state index is 13.4. The molecule has 11 nitrogen and oxygen atoms in total. The molecule has 11 heterocycles. The van der Waals surface area contributed by atoms with Gasteiger partial charge in [-0.1, -0.05) is 65.1 Å². The van der Waals surface area contributed by atoms with E-state index in [9.17, 15) is 4.39 Å². The van der Waals surface area contributed by atoms with Crippen molar-refractivity contribution in [2.75, 3.05) is 0 Å². The second-order valence-corrected chi connectivity index (χ2v) is 23.2. The fourth-order valence-electron chi connectivity index (χ4n) is 13.0. The van der Waals surface area contributed by atoms with E-state index in [2.05, 4.69) is 127 Å². The molecule has 0 N–H and O–H groups in total. The number of benzene rings is 3. The van der Waals surface area contributed by atoms with E-state index in [1.807, 2.05) is 82.3 Å². The second-order valence-electron chi connectivity index (χ2n) is 22.0. The fraction of sp³-hybridized carbons (Fsp3) is 0.215. The molecule has 0 bridgehead atoms. The van der Waals surface area contributed by atoms with Crippen LogP contribution in [0.15, 0.2) is 177 Å². The molecule has 0 aliphatic heterocycles. The molecule has 15 heteroatoms. The highest BCUT2D eigenvalue weighted by Gasteiger charge is 2.40. The standard InChI is InChI=1S/C27H23N5.C19H15Cl2N3.C19H15ClFN3/c1-31-22-13-9-16-6-3-4-7-17(16)24(22)29-26(31)18-10-11-19(18)27-30-25-20-8-5-15-28-21(20)12-14-23(25)32(27)2;20-15-3-1-7-23-10-12(9-18(15)23)13-5-6-14(13)17-11-24-8-2-4-16(21)19(24)22-17;20-16-2-1-6-23-10-12(8-18(16)23)14-3-4-15(14)17-11-24-7-5-13(21)9-19(24)22-17/h3-9,12-15,18-19H,10-11H2,1-2H3;1-4,7-11,13-14H,5-6H2;1-2,5-11,14-15H,3-4H2. The number of halogens is 4. The molecule has 3 aliphatic rings. The minimum Gasteiger partial charge on any atom is -0.331 e. The highest BCUT2D eigenvalue weighted by Crippen LogP contribution is 2.52. The smallest absolute Gasteiger partial charge is 0.155 e. The zero-order valence-corrected chi connectivity index (χ0v) is 46.1. The Kier molecular flexibility index (Phi) is 11.9. The zero-order chi connectivity index (χ0) is 53.9. The van der Waals surface area contributed by atoms with Gasteiger partial charge in [0.05, 0.1) is 65.1 Å². The van der Waals surface area contributed by atoms with Gasteiger partial charge in [-0.2, -0.15) is 0 Å². The van der Waals surface area contributed by atoms with E-state index >= 15 is 0 Å². The van der Waals surface area contributed by atoms with E-state index in [1.54, 1.807) is 6.20 Å². The Labute approximate surface area is 474 Å². The molecule has 0 saturated heterocycles. The third-order valence-electron chi connectivity index (χ3n) is 17.7. The van der Waals surface area contributed by atoms with Gasteiger partial charge in [0.1, 0.15) is 23.1 Å². The van der Waals surface area contributed by atoms with Crippen molar-refractivity contribution < 1.29 is 4.39 Å². The quantitative estimate of drug-likeness (QED) is 0.165. The van der Waals surface area contributed by atoms with Crippen LogP contribution < -0.4 is 0 Å². The largest absolute Gasteiger partial charge is 0.331 e. The van der Waals surface area contributed by atoms with Gasteiger partial charge in [-0.3, -0.25) is 4.98 Å². The van der Waals surface area contributed by atoms with Crippen LogP contribution in [0.25, 0.3) is 66.1 Å². The lowest BCUT2D eigenvalue weighted by Crippen LogP contribution is -2.26. The number of nitrogens with zero attached hydrogens (tertiary/aromatic N) is 11. The van der Waals surface area contributed by atoms with Gasteiger partial charge >= 0.3 is 0 Å². The Morgan fingerprint density at radius 3 is 1.61 bits per heavy atom. The molecule has 0 radical (unpaired) electrons. The van der Waals surface area contributed by atoms with E-state index < -0.39 is 0 Å². The van der Waals surface area contributed by atoms with E-state index in [0.29, 0.717) is 46.2 Å². The topological polar surface area (TPSA) is 92.0 Å². The van der Waals surface area contributed by atoms with Gasteiger partial charge in [0.2, 0.25) is 0 Å². The first-order chi connectivity index (χ1) is 39.1. The van der Waals surface area contributed by atoms with Crippen molar-refractivity contribution in [1.29, 1.82) is 0 Å². The molecule has 14 aromatic rings. The van der Waals surface area contributed by atoms with Gasteiger partial charge in [-0.15, -0.1) is 0 Å². The lowest BCUT2D eigenvalue weighted by atomic mass is 9.69. The van der Waals surface area contributed by atoms with E-state index in [-0.39, 0.29) is 5.82 Å². The summed E-state index contributed by atoms with van der Waals surface area (Å²) in [4.78, 5) is 24.3. The molecular formula is C65H53Cl3FN11. The summed E-state index contributed by atoms with van der Waals surface area (Å²) in [7, 11) is 4.30. The summed E-state index contributed by atoms with van der Waals surface area (Å²) in [6, 6.07) is 40.2. The van der Waals surface area contributed by atoms with Gasteiger partial charge in [0.15, 0.2) is 5.65 Å². The molecule has 11 aromatic heterocycles. The molecule has 80 heavy (non-hydrogen) atoms. The van der Waals surface area contributed by atoms with Crippen LogP contribution >= 0.6 is 34.8 Å². The summed E-state index contributed by atoms with van der Waals surface area (Å²) in [5, 5.41) is 5.84. The number of imidazole rings is 4. The van der Waals surface area contributed by atoms with Crippen molar-refractivity contribution in [3.63, 3.8) is 0 Å². The number of hydrogen-bond donors (Lipinski definition) is 0. The van der Waals surface area contributed by atoms with Crippen molar-refractivity contribution in [1.82, 2.24) is 51.7 Å². The van der Waals surface area contributed by atoms with Crippen molar-refractivity contribution >= 4 is 101 Å². The number of hydrogen-bond acceptors (Lipinski definition) is 5. The molecule has 0 amide bonds. The third-order valence-corrected chi connectivity index (χ3v) is 18.6. The Morgan fingerprint density at radius 2 is 1.00 bits per heavy atom. The number of pyridine rings is 5. The summed E-state index contributed by atoms with van der Waals surface area (Å²) >= 11 is 18.9. The molecule has 6 atom stereocenters. The normalized spacial score (nSPS) is 19.8. The Balaban J connectivity index is 0.000000105. The predicted octanol–water partition coefficient (Wildman–Crippen LogP) is 16.4. The van der Waals surface area contributed by atoms with Gasteiger partial charge in [0.25, 0.3) is 0 Å². The van der Waals surface area contributed by atoms with Crippen LogP contribution in [-0.2, 0) is 14.1 Å². The summed E-state index contributed by atoms with van der Waals surface area (Å²) in [5.41, 5.74) is 13.9. The number of rotatable bonds is 6. The minimum atomic E-state index is -0.252. The van der Waals surface area contributed by atoms with Crippen LogP contribution in [0.5, 0.6) is 0 Å². The van der Waals surface area contributed by atoms with Gasteiger partial charge in [-0.25, -0.2) is 24.3 Å². The van der Waals surface area contributed by atoms with Gasteiger partial charge in [-0.05, 0) is 152 Å². The van der Waals surface area contributed by atoms with Crippen molar-refractivity contribution in [3.8, 4) is 0 Å². The van der Waals surface area contributed by atoms with Crippen LogP contribution in [0.4, 0.5) is 4.39 Å². The molecule has 0 spiro atoms. The Hall–Kier alpha value is -8.03. The van der Waals surface area contributed by atoms with Crippen LogP contribution in [0.3, 0.4) is 0 Å². The highest BCUT2D eigenvalue weighted by molar-refractivity contribution is 6.34. The van der Waals surface area contributed by atoms with Crippen LogP contribution in [0.1, 0.15) is 108 Å². The van der Waals surface area contributed by atoms with Crippen LogP contribution in [0, 0.1) is 5.82 Å². The molecule has 3 aliphatic carbocycles. The minimum absolute atomic E-state index is 0.252. The fourth-order valence-corrected chi connectivity index (χ4v) is 13.7. The first-order valence-electron chi connectivity index (χ1n) is 27.4. The zero-order valence-electron chi connectivity index (χ0n) is 43.9. The van der Waals surface area contributed by atoms with Crippen LogP contribution in [-0.4, -0.2) is 51.7 Å². The molecular weight excluding hydrogens is 1060 g/mol. The number of aryl methyl sites for hydroxylation is 2. The van der Waals surface area contributed by atoms with Crippen molar-refractivity contribution in [2.24, 2.45) is 14.1 Å². The lowest BCUT2D eigenvalue weighted by Gasteiger charge is -2.35. The summed E-state index contributed by atoms with van der Waals surface area (Å²) in [5.74, 6) is 4.59. The molecule has 6 unspecified atom stereocenters. The average Bonchev–Trinajstić information content (AvgIpc) is 4.43. The first-order valence-corrected chi connectivity index (χ1v) is 28.6. The van der Waals surface area contributed by atoms with E-state index in [1.165, 1.54) is 57.3 Å². The number of aromatic nitrogens is 11. The Morgan fingerprint density at radius 1 is 0.450 bits per heavy atom. The van der Waals surface area contributed by atoms with Crippen molar-refractivity contribution in [2.45, 2.75) is 74.0 Å². The lowest BCUT2D eigenvalue weighted by molar-refractivity contribution is 0.310. The van der Waals surface area contributed by atoms with E-state index in [4.69, 9.17) is 49.8 Å². The summed E-state index contributed by atoms with van der Waals surface area (Å²) < 4.78 is 26.0. The maximum Gasteiger partial charge on any atom is 0.155 e. The third kappa shape index (κ3) is 8.16. The molecule has 3 aromatic carbocycles. The maximum absolute atomic E-state index is 13.4. The second kappa shape index (κ2) is 19.4. The average molecular weight is 1110 g/mol. The van der Waals surface area contributed by atoms with Crippen LogP contribution in [0.2, 0.25) is 15.1 Å². The van der Waals surface area contributed by atoms with Crippen molar-refractivity contribution in [3.05, 3.63) is 232 Å². The first kappa shape index (κ1) is 49.0. The molecule has 17 rings (SSSR count). The SMILES string of the molecule is Clc1cccn2cc(C3CCC3c3cn4cccc(Cl)c4n3)cc12.Cn1c(C2CCC2c2nc3c4cccnc4ccc3n2C)nc2c3ccccc3ccc21.Fc1ccn2cc(C3CCC3c3cc4c(Cl)cccn4c3)nc2c1. The molecule has 396 valence electrons. The van der Waals surface area contributed by atoms with Gasteiger partial charge in [0, 0.05) is 110 Å². The summed E-state index contributed by atoms with van der Waals surface area (Å²) in [6.45, 7) is 0. The summed E-state index contributed by atoms with van der Waals surface area (Å²) in [6.07, 6.45) is 25.0. The highest BCUT2D eigenvalue weighted by atomic mass is 35.5. The van der Waals surface area contributed by atoms with Gasteiger partial charge < -0.3 is 26.7 Å². The predicted molar refractivity (Wildman–Crippen MR) is 319 cm³/mol. The molecule has 3 fully saturated rings. The monoisotopic (exact) mass is 1110 g/mol. The number of fused-ring (bicyclic) bond motifs is 10. The molecule has 3 saturated carbocycles. The Bertz CT molecular complexity index is 4520.